The van der Waals surface area contributed by atoms with Crippen LogP contribution in [0.25, 0.3) is 0 Å². The van der Waals surface area contributed by atoms with Gasteiger partial charge in [0.15, 0.2) is 0 Å². The van der Waals surface area contributed by atoms with Crippen LogP contribution in [0.5, 0.6) is 0 Å². The predicted molar refractivity (Wildman–Crippen MR) is 137 cm³/mol. The van der Waals surface area contributed by atoms with Gasteiger partial charge in [-0.15, -0.1) is 0 Å². The van der Waals surface area contributed by atoms with Gasteiger partial charge in [0, 0.05) is 14.2 Å². The normalized spacial score (nSPS) is 29.8. The molecule has 192 valence electrons. The molecule has 1 N–H and O–H groups in total. The smallest absolute Gasteiger partial charge is 0.0861 e. The van der Waals surface area contributed by atoms with E-state index in [0.29, 0.717) is 29.8 Å². The van der Waals surface area contributed by atoms with Crippen LogP contribution in [0.1, 0.15) is 100 Å². The summed E-state index contributed by atoms with van der Waals surface area (Å²) in [7, 11) is 3.49. The lowest BCUT2D eigenvalue weighted by molar-refractivity contribution is -0.180. The zero-order valence-corrected chi connectivity index (χ0v) is 23.0. The maximum Gasteiger partial charge on any atom is 0.0861 e. The number of unbranched alkanes of at least 4 members (excludes halogenated alkanes) is 2. The fourth-order valence-electron chi connectivity index (χ4n) is 4.74. The van der Waals surface area contributed by atoms with Crippen LogP contribution < -0.4 is 0 Å². The van der Waals surface area contributed by atoms with E-state index in [1.165, 1.54) is 25.7 Å². The highest BCUT2D eigenvalue weighted by Crippen LogP contribution is 2.35. The minimum absolute atomic E-state index is 0.0636. The molecule has 9 atom stereocenters. The van der Waals surface area contributed by atoms with Gasteiger partial charge in [0.2, 0.25) is 0 Å². The van der Waals surface area contributed by atoms with E-state index in [9.17, 15) is 5.11 Å². The first-order valence-corrected chi connectivity index (χ1v) is 13.3. The van der Waals surface area contributed by atoms with Gasteiger partial charge >= 0.3 is 0 Å². The fraction of sp³-hybridized carbons (Fsp3) is 0.929. The van der Waals surface area contributed by atoms with Crippen LogP contribution in [-0.4, -0.2) is 49.8 Å². The largest absolute Gasteiger partial charge is 0.390 e. The molecule has 0 aliphatic carbocycles. The standard InChI is InChI=1S/2C14H28O2/c1-6-8-9-13-10(3)11(4)14(15-5)12(7-2)16-13;1-6-8-9-10-11(3)12(4)14(16-5)13(15)7-2/h10-14H,6-9H2,1-5H3;9-15H,6-8H2,1-5H3/b;10-9+/t10?,11-,12?,13-,14+;11?,12-,13?,14+/m11/s1. The van der Waals surface area contributed by atoms with Crippen molar-refractivity contribution in [1.29, 1.82) is 0 Å². The number of allylic oxidation sites excluding steroid dienone is 2. The van der Waals surface area contributed by atoms with E-state index in [1.54, 1.807) is 7.11 Å². The predicted octanol–water partition coefficient (Wildman–Crippen LogP) is 7.04. The van der Waals surface area contributed by atoms with Gasteiger partial charge < -0.3 is 19.3 Å². The van der Waals surface area contributed by atoms with Gasteiger partial charge in [-0.3, -0.25) is 0 Å². The third kappa shape index (κ3) is 10.2. The molecule has 0 aromatic carbocycles. The number of methoxy groups -OCH3 is 2. The Labute approximate surface area is 200 Å². The average molecular weight is 457 g/mol. The second-order valence-corrected chi connectivity index (χ2v) is 9.79. The molecule has 0 aromatic rings. The second-order valence-electron chi connectivity index (χ2n) is 9.79. The first-order valence-electron chi connectivity index (χ1n) is 13.3. The van der Waals surface area contributed by atoms with Gasteiger partial charge in [-0.2, -0.15) is 0 Å². The molecule has 1 aliphatic heterocycles. The fourth-order valence-corrected chi connectivity index (χ4v) is 4.74. The molecule has 0 bridgehead atoms. The first kappa shape index (κ1) is 31.6. The Bertz CT molecular complexity index is 464. The van der Waals surface area contributed by atoms with Crippen molar-refractivity contribution in [3.05, 3.63) is 12.2 Å². The molecule has 0 aromatic heterocycles. The van der Waals surface area contributed by atoms with E-state index in [2.05, 4.69) is 60.6 Å². The topological polar surface area (TPSA) is 47.9 Å². The number of aliphatic hydroxyl groups excluding tert-OH is 1. The molecule has 0 spiro atoms. The minimum atomic E-state index is -0.359. The van der Waals surface area contributed by atoms with Crippen molar-refractivity contribution in [3.63, 3.8) is 0 Å². The number of rotatable bonds is 13. The van der Waals surface area contributed by atoms with Crippen LogP contribution in [0, 0.1) is 23.7 Å². The van der Waals surface area contributed by atoms with Crippen LogP contribution in [0.4, 0.5) is 0 Å². The van der Waals surface area contributed by atoms with E-state index in [4.69, 9.17) is 14.2 Å². The van der Waals surface area contributed by atoms with E-state index in [1.807, 2.05) is 14.0 Å². The monoisotopic (exact) mass is 456 g/mol. The van der Waals surface area contributed by atoms with E-state index >= 15 is 0 Å². The van der Waals surface area contributed by atoms with Crippen molar-refractivity contribution in [2.24, 2.45) is 23.7 Å². The Morgan fingerprint density at radius 1 is 0.969 bits per heavy atom. The van der Waals surface area contributed by atoms with Crippen molar-refractivity contribution in [2.75, 3.05) is 14.2 Å². The maximum atomic E-state index is 9.86. The van der Waals surface area contributed by atoms with Gasteiger partial charge in [-0.1, -0.05) is 86.8 Å². The highest BCUT2D eigenvalue weighted by atomic mass is 16.5. The third-order valence-electron chi connectivity index (χ3n) is 7.48. The summed E-state index contributed by atoms with van der Waals surface area (Å²) in [6, 6.07) is 0. The van der Waals surface area contributed by atoms with Gasteiger partial charge in [0.1, 0.15) is 0 Å². The Morgan fingerprint density at radius 2 is 1.62 bits per heavy atom. The molecule has 0 saturated carbocycles. The molecular formula is C28H56O4. The van der Waals surface area contributed by atoms with Crippen molar-refractivity contribution in [1.82, 2.24) is 0 Å². The van der Waals surface area contributed by atoms with Gasteiger partial charge in [0.05, 0.1) is 30.5 Å². The first-order chi connectivity index (χ1) is 15.2. The summed E-state index contributed by atoms with van der Waals surface area (Å²) in [5.41, 5.74) is 0. The zero-order chi connectivity index (χ0) is 24.7. The minimum Gasteiger partial charge on any atom is -0.390 e. The maximum absolute atomic E-state index is 9.86. The molecule has 32 heavy (non-hydrogen) atoms. The molecule has 1 saturated heterocycles. The quantitative estimate of drug-likeness (QED) is 0.302. The van der Waals surface area contributed by atoms with Gasteiger partial charge in [-0.25, -0.2) is 0 Å². The molecule has 0 amide bonds. The van der Waals surface area contributed by atoms with Crippen molar-refractivity contribution < 1.29 is 19.3 Å². The third-order valence-corrected chi connectivity index (χ3v) is 7.48. The van der Waals surface area contributed by atoms with Gasteiger partial charge in [-0.05, 0) is 49.4 Å². The summed E-state index contributed by atoms with van der Waals surface area (Å²) in [5.74, 6) is 2.00. The van der Waals surface area contributed by atoms with E-state index in [-0.39, 0.29) is 24.4 Å². The Kier molecular flexibility index (Phi) is 17.7. The Morgan fingerprint density at radius 3 is 2.09 bits per heavy atom. The van der Waals surface area contributed by atoms with E-state index < -0.39 is 0 Å². The lowest BCUT2D eigenvalue weighted by atomic mass is 9.79. The molecular weight excluding hydrogens is 400 g/mol. The summed E-state index contributed by atoms with van der Waals surface area (Å²) in [4.78, 5) is 0. The van der Waals surface area contributed by atoms with Crippen LogP contribution in [0.3, 0.4) is 0 Å². The second kappa shape index (κ2) is 18.0. The molecule has 1 aliphatic rings. The highest BCUT2D eigenvalue weighted by Gasteiger charge is 2.40. The summed E-state index contributed by atoms with van der Waals surface area (Å²) in [6.07, 6.45) is 12.9. The average Bonchev–Trinajstić information content (AvgIpc) is 2.80. The summed E-state index contributed by atoms with van der Waals surface area (Å²) in [6.45, 7) is 17.5. The summed E-state index contributed by atoms with van der Waals surface area (Å²) in [5, 5.41) is 9.86. The number of hydrogen-bond acceptors (Lipinski definition) is 4. The van der Waals surface area contributed by atoms with Crippen molar-refractivity contribution >= 4 is 0 Å². The van der Waals surface area contributed by atoms with Crippen molar-refractivity contribution in [3.8, 4) is 0 Å². The van der Waals surface area contributed by atoms with E-state index in [0.717, 1.165) is 19.3 Å². The number of aliphatic hydroxyl groups is 1. The Balaban J connectivity index is 0.000000601. The molecule has 4 nitrogen and oxygen atoms in total. The van der Waals surface area contributed by atoms with Gasteiger partial charge in [0.25, 0.3) is 0 Å². The molecule has 1 rings (SSSR count). The molecule has 1 heterocycles. The molecule has 0 radical (unpaired) electrons. The van der Waals surface area contributed by atoms with Crippen LogP contribution in [0.2, 0.25) is 0 Å². The summed E-state index contributed by atoms with van der Waals surface area (Å²) >= 11 is 0. The molecule has 1 fully saturated rings. The van der Waals surface area contributed by atoms with Crippen LogP contribution >= 0.6 is 0 Å². The Hall–Kier alpha value is -0.420. The van der Waals surface area contributed by atoms with Crippen LogP contribution in [0.15, 0.2) is 12.2 Å². The van der Waals surface area contributed by atoms with Crippen LogP contribution in [-0.2, 0) is 14.2 Å². The molecule has 4 unspecified atom stereocenters. The lowest BCUT2D eigenvalue weighted by Gasteiger charge is -2.44. The summed E-state index contributed by atoms with van der Waals surface area (Å²) < 4.78 is 17.2. The number of hydrogen-bond donors (Lipinski definition) is 1. The lowest BCUT2D eigenvalue weighted by Crippen LogP contribution is -2.49. The molecule has 4 heteroatoms. The number of ether oxygens (including phenoxy) is 3. The SMILES string of the molecule is CCC/C=C/C(C)[C@@H](C)[C@H](OC)C(O)CC.CCCC[C@H]1OC(CC)[C@@H](OC)[C@H](C)C1C. The van der Waals surface area contributed by atoms with Crippen molar-refractivity contribution in [2.45, 2.75) is 131 Å². The highest BCUT2D eigenvalue weighted by molar-refractivity contribution is 4.92. The zero-order valence-electron chi connectivity index (χ0n) is 23.0.